The monoisotopic (exact) mass is 453 g/mol. The lowest BCUT2D eigenvalue weighted by Gasteiger charge is -2.19. The van der Waals surface area contributed by atoms with Gasteiger partial charge in [0.2, 0.25) is 0 Å². The largest absolute Gasteiger partial charge is 0.481 e. The molecule has 2 N–H and O–H groups in total. The summed E-state index contributed by atoms with van der Waals surface area (Å²) in [6.45, 7) is 1.97. The Balaban J connectivity index is 1.60. The van der Waals surface area contributed by atoms with Gasteiger partial charge in [-0.15, -0.1) is 0 Å². The van der Waals surface area contributed by atoms with Gasteiger partial charge in [0.1, 0.15) is 11.5 Å². The molecule has 5 nitrogen and oxygen atoms in total. The fourth-order valence-electron chi connectivity index (χ4n) is 4.08. The number of carbonyl (C=O) groups excluding carboxylic acids is 1. The third-order valence-electron chi connectivity index (χ3n) is 5.78. The number of hydrogen-bond donors (Lipinski definition) is 2. The first kappa shape index (κ1) is 23.1. The summed E-state index contributed by atoms with van der Waals surface area (Å²) in [6.07, 6.45) is 0.992. The minimum atomic E-state index is -0.848. The molecular weight excluding hydrogens is 426 g/mol. The van der Waals surface area contributed by atoms with Crippen molar-refractivity contribution in [1.82, 2.24) is 5.32 Å². The minimum Gasteiger partial charge on any atom is -0.481 e. The van der Waals surface area contributed by atoms with Crippen LogP contribution in [0, 0.1) is 0 Å². The third kappa shape index (κ3) is 5.62. The number of amides is 1. The lowest BCUT2D eigenvalue weighted by atomic mass is 9.98. The van der Waals surface area contributed by atoms with Gasteiger partial charge in [0.15, 0.2) is 0 Å². The first-order valence-electron chi connectivity index (χ1n) is 11.4. The molecule has 0 unspecified atom stereocenters. The van der Waals surface area contributed by atoms with Crippen LogP contribution in [-0.2, 0) is 11.2 Å². The summed E-state index contributed by atoms with van der Waals surface area (Å²) in [4.78, 5) is 24.4. The van der Waals surface area contributed by atoms with Crippen LogP contribution in [0.4, 0.5) is 0 Å². The zero-order valence-corrected chi connectivity index (χ0v) is 19.0. The lowest BCUT2D eigenvalue weighted by Crippen LogP contribution is -2.27. The molecule has 4 aromatic carbocycles. The fraction of sp³-hybridized carbons (Fsp3) is 0.172. The van der Waals surface area contributed by atoms with Crippen molar-refractivity contribution >= 4 is 22.6 Å². The van der Waals surface area contributed by atoms with E-state index in [1.54, 1.807) is 6.07 Å². The number of benzene rings is 4. The van der Waals surface area contributed by atoms with Crippen LogP contribution in [-0.4, -0.2) is 17.0 Å². The SMILES string of the molecule is C[C@@H](NC(=O)c1cc(Oc2ccccc2)ccc1CCCC(=O)O)c1cccc2ccccc12. The summed E-state index contributed by atoms with van der Waals surface area (Å²) in [6, 6.07) is 28.7. The predicted molar refractivity (Wildman–Crippen MR) is 133 cm³/mol. The number of fused-ring (bicyclic) bond motifs is 1. The Bertz CT molecular complexity index is 1290. The number of rotatable bonds is 9. The van der Waals surface area contributed by atoms with Gasteiger partial charge in [-0.3, -0.25) is 9.59 Å². The second kappa shape index (κ2) is 10.7. The minimum absolute atomic E-state index is 0.0513. The van der Waals surface area contributed by atoms with E-state index in [-0.39, 0.29) is 18.4 Å². The number of nitrogens with one attached hydrogen (secondary N) is 1. The quantitative estimate of drug-likeness (QED) is 0.302. The van der Waals surface area contributed by atoms with Crippen LogP contribution in [0.2, 0.25) is 0 Å². The van der Waals surface area contributed by atoms with E-state index in [0.717, 1.165) is 21.9 Å². The van der Waals surface area contributed by atoms with Crippen molar-refractivity contribution < 1.29 is 19.4 Å². The number of carboxylic acids is 1. The Morgan fingerprint density at radius 1 is 0.882 bits per heavy atom. The van der Waals surface area contributed by atoms with Gasteiger partial charge < -0.3 is 15.2 Å². The van der Waals surface area contributed by atoms with Crippen molar-refractivity contribution in [1.29, 1.82) is 0 Å². The maximum atomic E-state index is 13.4. The number of carboxylic acid groups (broad SMARTS) is 1. The molecule has 4 rings (SSSR count). The van der Waals surface area contributed by atoms with E-state index >= 15 is 0 Å². The van der Waals surface area contributed by atoms with Crippen LogP contribution in [0.3, 0.4) is 0 Å². The van der Waals surface area contributed by atoms with Gasteiger partial charge in [0, 0.05) is 12.0 Å². The Labute approximate surface area is 199 Å². The third-order valence-corrected chi connectivity index (χ3v) is 5.78. The number of ether oxygens (including phenoxy) is 1. The Hall–Kier alpha value is -4.12. The van der Waals surface area contributed by atoms with Crippen molar-refractivity contribution in [3.8, 4) is 11.5 Å². The maximum Gasteiger partial charge on any atom is 0.303 e. The molecule has 172 valence electrons. The molecule has 0 saturated heterocycles. The van der Waals surface area contributed by atoms with E-state index < -0.39 is 5.97 Å². The summed E-state index contributed by atoms with van der Waals surface area (Å²) >= 11 is 0. The Morgan fingerprint density at radius 3 is 2.41 bits per heavy atom. The summed E-state index contributed by atoms with van der Waals surface area (Å²) in [7, 11) is 0. The molecule has 0 saturated carbocycles. The summed E-state index contributed by atoms with van der Waals surface area (Å²) in [5.74, 6) is 0.164. The molecule has 34 heavy (non-hydrogen) atoms. The molecule has 0 fully saturated rings. The number of carbonyl (C=O) groups is 2. The zero-order chi connectivity index (χ0) is 23.9. The number of aryl methyl sites for hydroxylation is 1. The highest BCUT2D eigenvalue weighted by atomic mass is 16.5. The van der Waals surface area contributed by atoms with Crippen LogP contribution in [0.25, 0.3) is 10.8 Å². The molecule has 4 aromatic rings. The van der Waals surface area contributed by atoms with Gasteiger partial charge in [0.25, 0.3) is 5.91 Å². The smallest absolute Gasteiger partial charge is 0.303 e. The van der Waals surface area contributed by atoms with Gasteiger partial charge in [-0.1, -0.05) is 66.7 Å². The molecular formula is C29H27NO4. The van der Waals surface area contributed by atoms with Crippen molar-refractivity contribution in [2.75, 3.05) is 0 Å². The van der Waals surface area contributed by atoms with Crippen LogP contribution < -0.4 is 10.1 Å². The van der Waals surface area contributed by atoms with Crippen molar-refractivity contribution in [3.63, 3.8) is 0 Å². The summed E-state index contributed by atoms with van der Waals surface area (Å²) in [5, 5.41) is 14.4. The molecule has 0 aliphatic rings. The number of aliphatic carboxylic acids is 1. The van der Waals surface area contributed by atoms with Crippen molar-refractivity contribution in [3.05, 3.63) is 108 Å². The molecule has 1 amide bonds. The van der Waals surface area contributed by atoms with Crippen LogP contribution >= 0.6 is 0 Å². The van der Waals surface area contributed by atoms with E-state index in [1.807, 2.05) is 73.7 Å². The van der Waals surface area contributed by atoms with E-state index in [1.165, 1.54) is 0 Å². The molecule has 0 radical (unpaired) electrons. The molecule has 5 heteroatoms. The fourth-order valence-corrected chi connectivity index (χ4v) is 4.08. The number of para-hydroxylation sites is 1. The van der Waals surface area contributed by atoms with Crippen LogP contribution in [0.15, 0.2) is 91.0 Å². The second-order valence-electron chi connectivity index (χ2n) is 8.24. The Kier molecular flexibility index (Phi) is 7.23. The van der Waals surface area contributed by atoms with Gasteiger partial charge in [0.05, 0.1) is 6.04 Å². The summed E-state index contributed by atoms with van der Waals surface area (Å²) < 4.78 is 5.94. The molecule has 0 heterocycles. The number of hydrogen-bond acceptors (Lipinski definition) is 3. The highest BCUT2D eigenvalue weighted by Crippen LogP contribution is 2.27. The average molecular weight is 454 g/mol. The topological polar surface area (TPSA) is 75.6 Å². The van der Waals surface area contributed by atoms with E-state index in [2.05, 4.69) is 23.5 Å². The van der Waals surface area contributed by atoms with Crippen molar-refractivity contribution in [2.24, 2.45) is 0 Å². The Morgan fingerprint density at radius 2 is 1.62 bits per heavy atom. The molecule has 0 aromatic heterocycles. The maximum absolute atomic E-state index is 13.4. The molecule has 0 bridgehead atoms. The predicted octanol–water partition coefficient (Wildman–Crippen LogP) is 6.53. The van der Waals surface area contributed by atoms with Gasteiger partial charge in [-0.25, -0.2) is 0 Å². The average Bonchev–Trinajstić information content (AvgIpc) is 2.84. The summed E-state index contributed by atoms with van der Waals surface area (Å²) in [5.41, 5.74) is 2.32. The zero-order valence-electron chi connectivity index (χ0n) is 19.0. The first-order chi connectivity index (χ1) is 16.5. The molecule has 0 aliphatic heterocycles. The molecule has 1 atom stereocenters. The van der Waals surface area contributed by atoms with Gasteiger partial charge in [-0.2, -0.15) is 0 Å². The normalized spacial score (nSPS) is 11.7. The van der Waals surface area contributed by atoms with E-state index in [9.17, 15) is 9.59 Å². The highest BCUT2D eigenvalue weighted by Gasteiger charge is 2.18. The standard InChI is InChI=1S/C29H27NO4/c1-20(25-15-7-10-21-9-5-6-14-26(21)25)30-29(33)27-19-24(34-23-12-3-2-4-13-23)18-17-22(27)11-8-16-28(31)32/h2-7,9-10,12-15,17-20H,8,11,16H2,1H3,(H,30,33)(H,31,32)/t20-/m1/s1. The first-order valence-corrected chi connectivity index (χ1v) is 11.4. The van der Waals surface area contributed by atoms with Crippen molar-refractivity contribution in [2.45, 2.75) is 32.2 Å². The van der Waals surface area contributed by atoms with Gasteiger partial charge >= 0.3 is 5.97 Å². The van der Waals surface area contributed by atoms with Crippen LogP contribution in [0.5, 0.6) is 11.5 Å². The van der Waals surface area contributed by atoms with Crippen LogP contribution in [0.1, 0.15) is 47.3 Å². The molecule has 0 aliphatic carbocycles. The van der Waals surface area contributed by atoms with E-state index in [4.69, 9.17) is 9.84 Å². The molecule has 0 spiro atoms. The lowest BCUT2D eigenvalue weighted by molar-refractivity contribution is -0.137. The highest BCUT2D eigenvalue weighted by molar-refractivity contribution is 5.97. The van der Waals surface area contributed by atoms with Gasteiger partial charge in [-0.05, 0) is 65.9 Å². The van der Waals surface area contributed by atoms with E-state index in [0.29, 0.717) is 29.9 Å². The second-order valence-corrected chi connectivity index (χ2v) is 8.24.